The van der Waals surface area contributed by atoms with Gasteiger partial charge >= 0.3 is 0 Å². The van der Waals surface area contributed by atoms with E-state index in [0.29, 0.717) is 24.4 Å². The topological polar surface area (TPSA) is 116 Å². The predicted molar refractivity (Wildman–Crippen MR) is 151 cm³/mol. The summed E-state index contributed by atoms with van der Waals surface area (Å²) in [7, 11) is 1.64. The molecule has 3 aliphatic rings. The van der Waals surface area contributed by atoms with Crippen molar-refractivity contribution in [3.63, 3.8) is 0 Å². The summed E-state index contributed by atoms with van der Waals surface area (Å²) < 4.78 is 7.42. The molecule has 0 unspecified atom stereocenters. The van der Waals surface area contributed by atoms with Crippen LogP contribution in [0.4, 0.5) is 0 Å². The number of aliphatic hydroxyl groups is 1. The van der Waals surface area contributed by atoms with Crippen LogP contribution < -0.4 is 10.2 Å². The summed E-state index contributed by atoms with van der Waals surface area (Å²) in [6.45, 7) is 4.83. The number of hydrogen-bond acceptors (Lipinski definition) is 8. The van der Waals surface area contributed by atoms with Crippen molar-refractivity contribution >= 4 is 12.0 Å². The highest BCUT2D eigenvalue weighted by Crippen LogP contribution is 2.34. The number of aryl methyl sites for hydroxylation is 1. The summed E-state index contributed by atoms with van der Waals surface area (Å²) in [5.41, 5.74) is 6.55. The number of hydrogen-bond donors (Lipinski definition) is 2. The molecule has 2 aromatic rings. The molecule has 1 aliphatic carbocycles. The molecule has 1 aromatic heterocycles. The van der Waals surface area contributed by atoms with Gasteiger partial charge in [0.05, 0.1) is 42.2 Å². The second kappa shape index (κ2) is 12.9. The van der Waals surface area contributed by atoms with Gasteiger partial charge in [0, 0.05) is 30.7 Å². The van der Waals surface area contributed by atoms with Gasteiger partial charge in [-0.15, -0.1) is 0 Å². The first-order chi connectivity index (χ1) is 18.9. The van der Waals surface area contributed by atoms with Crippen LogP contribution in [0.1, 0.15) is 69.9 Å². The fraction of sp³-hybridized carbons (Fsp3) is 0.467. The Labute approximate surface area is 230 Å². The fourth-order valence-corrected chi connectivity index (χ4v) is 5.20. The first-order valence-corrected chi connectivity index (χ1v) is 13.7. The number of unbranched alkanes of at least 4 members (excludes halogenated alkanes) is 1. The minimum Gasteiger partial charge on any atom is -0.496 e. The van der Waals surface area contributed by atoms with Crippen LogP contribution in [-0.4, -0.2) is 51.1 Å². The first kappa shape index (κ1) is 28.3. The number of benzene rings is 1. The van der Waals surface area contributed by atoms with Gasteiger partial charge in [0.2, 0.25) is 0 Å². The lowest BCUT2D eigenvalue weighted by atomic mass is 9.85. The molecule has 1 saturated carbocycles. The van der Waals surface area contributed by atoms with Crippen molar-refractivity contribution < 1.29 is 14.6 Å². The van der Waals surface area contributed by atoms with E-state index in [0.717, 1.165) is 73.2 Å². The minimum atomic E-state index is -0.665. The van der Waals surface area contributed by atoms with E-state index >= 15 is 0 Å². The second-order valence-corrected chi connectivity index (χ2v) is 10.3. The standard InChI is InChI=1S/C22H29N3O2.C8H9N3O/c1-3-4-8-18-15-25(16-22(26)11-6-5-7-12-22)24-21(18)19-13-17(14-23)9-10-20(19)27-2;1-6(12)7-5-10-11-4-2-3-9-8(7)11/h9-10,13,15,26H,3-8,11-12,16H2,1-2H3;2-4,10H,5H2,1H3. The Morgan fingerprint density at radius 3 is 2.77 bits per heavy atom. The molecule has 0 bridgehead atoms. The smallest absolute Gasteiger partial charge is 0.160 e. The molecule has 9 heteroatoms. The Bertz CT molecular complexity index is 1310. The second-order valence-electron chi connectivity index (χ2n) is 10.3. The van der Waals surface area contributed by atoms with E-state index in [1.54, 1.807) is 31.3 Å². The van der Waals surface area contributed by atoms with Gasteiger partial charge in [0.25, 0.3) is 0 Å². The number of carbonyl (C=O) groups is 1. The van der Waals surface area contributed by atoms with Gasteiger partial charge < -0.3 is 9.84 Å². The van der Waals surface area contributed by atoms with E-state index < -0.39 is 5.60 Å². The molecule has 1 fully saturated rings. The highest BCUT2D eigenvalue weighted by Gasteiger charge is 2.30. The number of rotatable bonds is 8. The summed E-state index contributed by atoms with van der Waals surface area (Å²) in [5.74, 6) is 1.52. The van der Waals surface area contributed by atoms with Gasteiger partial charge in [-0.1, -0.05) is 32.6 Å². The van der Waals surface area contributed by atoms with Gasteiger partial charge in [-0.05, 0) is 62.4 Å². The third kappa shape index (κ3) is 6.83. The number of nitriles is 1. The predicted octanol–water partition coefficient (Wildman–Crippen LogP) is 4.67. The minimum absolute atomic E-state index is 0.0763. The molecular formula is C30H38N6O3. The number of nitrogens with zero attached hydrogens (tertiary/aromatic N) is 5. The maximum Gasteiger partial charge on any atom is 0.160 e. The maximum absolute atomic E-state index is 11.1. The number of aliphatic imine (C=N–C) groups is 1. The van der Waals surface area contributed by atoms with Crippen LogP contribution in [0.15, 0.2) is 53.1 Å². The van der Waals surface area contributed by atoms with Crippen molar-refractivity contribution in [3.05, 3.63) is 59.2 Å². The van der Waals surface area contributed by atoms with Crippen molar-refractivity contribution in [2.24, 2.45) is 4.99 Å². The molecule has 0 radical (unpaired) electrons. The van der Waals surface area contributed by atoms with Crippen LogP contribution in [0, 0.1) is 11.3 Å². The summed E-state index contributed by atoms with van der Waals surface area (Å²) >= 11 is 0. The average Bonchev–Trinajstić information content (AvgIpc) is 3.56. The van der Waals surface area contributed by atoms with Crippen LogP contribution in [0.25, 0.3) is 11.3 Å². The maximum atomic E-state index is 11.1. The van der Waals surface area contributed by atoms with E-state index in [1.165, 1.54) is 6.42 Å². The number of carbonyl (C=O) groups excluding carboxylic acids is 1. The normalized spacial score (nSPS) is 17.4. The lowest BCUT2D eigenvalue weighted by Gasteiger charge is -2.31. The molecule has 0 saturated heterocycles. The summed E-state index contributed by atoms with van der Waals surface area (Å²) in [4.78, 5) is 15.2. The molecule has 0 spiro atoms. The van der Waals surface area contributed by atoms with E-state index in [9.17, 15) is 15.2 Å². The Morgan fingerprint density at radius 2 is 2.08 bits per heavy atom. The number of ketones is 1. The molecule has 5 rings (SSSR count). The number of nitrogens with one attached hydrogen (secondary N) is 1. The average molecular weight is 531 g/mol. The molecule has 2 aliphatic heterocycles. The fourth-order valence-electron chi connectivity index (χ4n) is 5.20. The molecule has 2 N–H and O–H groups in total. The lowest BCUT2D eigenvalue weighted by Crippen LogP contribution is -2.36. The van der Waals surface area contributed by atoms with Crippen molar-refractivity contribution in [1.82, 2.24) is 20.2 Å². The largest absolute Gasteiger partial charge is 0.496 e. The Hall–Kier alpha value is -3.74. The highest BCUT2D eigenvalue weighted by atomic mass is 16.5. The summed E-state index contributed by atoms with van der Waals surface area (Å²) in [6, 6.07) is 7.63. The Kier molecular flexibility index (Phi) is 9.33. The van der Waals surface area contributed by atoms with E-state index in [-0.39, 0.29) is 5.78 Å². The van der Waals surface area contributed by atoms with Gasteiger partial charge in [-0.3, -0.25) is 14.5 Å². The van der Waals surface area contributed by atoms with Crippen molar-refractivity contribution in [2.45, 2.75) is 77.4 Å². The summed E-state index contributed by atoms with van der Waals surface area (Å²) in [6.07, 6.45) is 15.5. The van der Waals surface area contributed by atoms with Gasteiger partial charge in [0.15, 0.2) is 11.6 Å². The van der Waals surface area contributed by atoms with Gasteiger partial charge in [-0.2, -0.15) is 10.4 Å². The molecule has 0 atom stereocenters. The molecular weight excluding hydrogens is 492 g/mol. The number of Topliss-reactive ketones (excluding diaryl/α,β-unsaturated/α-hetero) is 1. The Morgan fingerprint density at radius 1 is 1.28 bits per heavy atom. The van der Waals surface area contributed by atoms with Crippen molar-refractivity contribution in [2.75, 3.05) is 13.7 Å². The Balaban J connectivity index is 0.000000243. The van der Waals surface area contributed by atoms with Crippen LogP contribution in [0.2, 0.25) is 0 Å². The number of allylic oxidation sites excluding steroid dienone is 1. The number of hydrazine groups is 1. The third-order valence-electron chi connectivity index (χ3n) is 7.33. The molecule has 3 heterocycles. The van der Waals surface area contributed by atoms with Crippen LogP contribution in [0.3, 0.4) is 0 Å². The van der Waals surface area contributed by atoms with Gasteiger partial charge in [-0.25, -0.2) is 10.4 Å². The quantitative estimate of drug-likeness (QED) is 0.509. The molecule has 0 amide bonds. The zero-order chi connectivity index (χ0) is 27.8. The number of ether oxygens (including phenoxy) is 1. The number of fused-ring (bicyclic) bond motifs is 1. The SMILES string of the molecule is CC(=O)C1=C2N=CC=CN2NC1.CCCCc1cn(CC2(O)CCCCC2)nc1-c1cc(C#N)ccc1OC. The van der Waals surface area contributed by atoms with Gasteiger partial charge in [0.1, 0.15) is 5.75 Å². The molecule has 1 aromatic carbocycles. The lowest BCUT2D eigenvalue weighted by molar-refractivity contribution is -0.113. The molecule has 9 nitrogen and oxygen atoms in total. The monoisotopic (exact) mass is 530 g/mol. The third-order valence-corrected chi connectivity index (χ3v) is 7.33. The van der Waals surface area contributed by atoms with Crippen LogP contribution in [0.5, 0.6) is 5.75 Å². The van der Waals surface area contributed by atoms with Crippen molar-refractivity contribution in [3.8, 4) is 23.1 Å². The highest BCUT2D eigenvalue weighted by molar-refractivity contribution is 5.95. The first-order valence-electron chi connectivity index (χ1n) is 13.7. The van der Waals surface area contributed by atoms with Crippen molar-refractivity contribution in [1.29, 1.82) is 5.26 Å². The van der Waals surface area contributed by atoms with Crippen LogP contribution in [-0.2, 0) is 17.8 Å². The summed E-state index contributed by atoms with van der Waals surface area (Å²) in [5, 5.41) is 26.8. The number of methoxy groups -OCH3 is 1. The molecule has 39 heavy (non-hydrogen) atoms. The van der Waals surface area contributed by atoms with E-state index in [4.69, 9.17) is 9.84 Å². The van der Waals surface area contributed by atoms with E-state index in [1.807, 2.05) is 29.1 Å². The zero-order valence-electron chi connectivity index (χ0n) is 23.1. The zero-order valence-corrected chi connectivity index (χ0v) is 23.1. The number of aromatic nitrogens is 2. The van der Waals surface area contributed by atoms with Crippen LogP contribution >= 0.6 is 0 Å². The van der Waals surface area contributed by atoms with E-state index in [2.05, 4.69) is 29.6 Å². The molecule has 206 valence electrons.